The summed E-state index contributed by atoms with van der Waals surface area (Å²) >= 11 is 0. The van der Waals surface area contributed by atoms with E-state index in [1.807, 2.05) is 0 Å². The van der Waals surface area contributed by atoms with E-state index < -0.39 is 0 Å². The van der Waals surface area contributed by atoms with Crippen LogP contribution in [-0.2, 0) is 9.47 Å². The molecule has 0 aromatic heterocycles. The van der Waals surface area contributed by atoms with Gasteiger partial charge in [-0.25, -0.2) is 0 Å². The Balaban J connectivity index is 1.67. The van der Waals surface area contributed by atoms with Crippen molar-refractivity contribution in [2.24, 2.45) is 5.41 Å². The van der Waals surface area contributed by atoms with Crippen molar-refractivity contribution in [2.45, 2.75) is 19.4 Å². The second-order valence-electron chi connectivity index (χ2n) is 4.21. The van der Waals surface area contributed by atoms with E-state index in [9.17, 15) is 0 Å². The second kappa shape index (κ2) is 3.32. The lowest BCUT2D eigenvalue weighted by molar-refractivity contribution is -0.0257. The number of rotatable bonds is 3. The lowest BCUT2D eigenvalue weighted by Gasteiger charge is -2.39. The van der Waals surface area contributed by atoms with E-state index in [1.54, 1.807) is 0 Å². The maximum atomic E-state index is 5.74. The first-order valence-corrected chi connectivity index (χ1v) is 4.69. The molecule has 0 spiro atoms. The molecule has 2 heterocycles. The van der Waals surface area contributed by atoms with Crippen LogP contribution < -0.4 is 5.32 Å². The summed E-state index contributed by atoms with van der Waals surface area (Å²) in [5, 5.41) is 3.27. The molecule has 2 fully saturated rings. The molecule has 1 unspecified atom stereocenters. The van der Waals surface area contributed by atoms with Gasteiger partial charge in [0.2, 0.25) is 0 Å². The summed E-state index contributed by atoms with van der Waals surface area (Å²) in [4.78, 5) is 0. The van der Waals surface area contributed by atoms with Gasteiger partial charge in [0.25, 0.3) is 0 Å². The SMILES string of the molecule is CC1(COC2CCOC2)CNC1. The molecule has 3 nitrogen and oxygen atoms in total. The molecule has 0 aromatic carbocycles. The Labute approximate surface area is 73.4 Å². The summed E-state index contributed by atoms with van der Waals surface area (Å²) in [7, 11) is 0. The first kappa shape index (κ1) is 8.48. The smallest absolute Gasteiger partial charge is 0.0830 e. The zero-order valence-corrected chi connectivity index (χ0v) is 7.64. The Morgan fingerprint density at radius 2 is 2.42 bits per heavy atom. The van der Waals surface area contributed by atoms with E-state index >= 15 is 0 Å². The van der Waals surface area contributed by atoms with Crippen LogP contribution in [0.3, 0.4) is 0 Å². The minimum absolute atomic E-state index is 0.363. The van der Waals surface area contributed by atoms with Crippen LogP contribution in [0.25, 0.3) is 0 Å². The molecule has 2 aliphatic heterocycles. The number of hydrogen-bond donors (Lipinski definition) is 1. The van der Waals surface area contributed by atoms with Crippen molar-refractivity contribution in [3.05, 3.63) is 0 Å². The summed E-state index contributed by atoms with van der Waals surface area (Å²) in [6, 6.07) is 0. The van der Waals surface area contributed by atoms with Crippen molar-refractivity contribution in [3.8, 4) is 0 Å². The van der Waals surface area contributed by atoms with Crippen LogP contribution in [0.1, 0.15) is 13.3 Å². The predicted octanol–water partition coefficient (Wildman–Crippen LogP) is 0.401. The molecule has 2 rings (SSSR count). The maximum Gasteiger partial charge on any atom is 0.0830 e. The van der Waals surface area contributed by atoms with Crippen molar-refractivity contribution in [2.75, 3.05) is 32.9 Å². The van der Waals surface area contributed by atoms with Crippen molar-refractivity contribution in [1.29, 1.82) is 0 Å². The quantitative estimate of drug-likeness (QED) is 0.667. The zero-order valence-electron chi connectivity index (χ0n) is 7.64. The van der Waals surface area contributed by atoms with Crippen molar-refractivity contribution < 1.29 is 9.47 Å². The van der Waals surface area contributed by atoms with Crippen molar-refractivity contribution in [3.63, 3.8) is 0 Å². The van der Waals surface area contributed by atoms with Crippen LogP contribution in [0.5, 0.6) is 0 Å². The van der Waals surface area contributed by atoms with Crippen LogP contribution in [0.2, 0.25) is 0 Å². The number of hydrogen-bond acceptors (Lipinski definition) is 3. The average Bonchev–Trinajstić information content (AvgIpc) is 2.49. The topological polar surface area (TPSA) is 30.5 Å². The molecule has 12 heavy (non-hydrogen) atoms. The number of nitrogens with one attached hydrogen (secondary N) is 1. The molecule has 2 saturated heterocycles. The lowest BCUT2D eigenvalue weighted by Crippen LogP contribution is -2.54. The van der Waals surface area contributed by atoms with Crippen LogP contribution in [0.4, 0.5) is 0 Å². The monoisotopic (exact) mass is 171 g/mol. The molecule has 0 radical (unpaired) electrons. The Kier molecular flexibility index (Phi) is 2.35. The van der Waals surface area contributed by atoms with Gasteiger partial charge in [0, 0.05) is 25.1 Å². The van der Waals surface area contributed by atoms with Crippen molar-refractivity contribution in [1.82, 2.24) is 5.32 Å². The molecule has 2 aliphatic rings. The van der Waals surface area contributed by atoms with Crippen LogP contribution >= 0.6 is 0 Å². The van der Waals surface area contributed by atoms with Gasteiger partial charge in [0.05, 0.1) is 19.3 Å². The number of ether oxygens (including phenoxy) is 2. The Morgan fingerprint density at radius 1 is 1.58 bits per heavy atom. The highest BCUT2D eigenvalue weighted by Gasteiger charge is 2.33. The highest BCUT2D eigenvalue weighted by molar-refractivity contribution is 4.88. The maximum absolute atomic E-state index is 5.74. The van der Waals surface area contributed by atoms with Crippen molar-refractivity contribution >= 4 is 0 Å². The molecule has 1 atom stereocenters. The standard InChI is InChI=1S/C9H17NO2/c1-9(5-10-6-9)7-12-8-2-3-11-4-8/h8,10H,2-7H2,1H3. The zero-order chi connectivity index (χ0) is 8.44. The fourth-order valence-electron chi connectivity index (χ4n) is 1.62. The molecule has 3 heteroatoms. The summed E-state index contributed by atoms with van der Waals surface area (Å²) in [5.74, 6) is 0. The van der Waals surface area contributed by atoms with Gasteiger partial charge < -0.3 is 14.8 Å². The third-order valence-electron chi connectivity index (χ3n) is 2.66. The molecule has 70 valence electrons. The van der Waals surface area contributed by atoms with Gasteiger partial charge in [-0.3, -0.25) is 0 Å². The Bertz CT molecular complexity index is 151. The van der Waals surface area contributed by atoms with E-state index in [0.29, 0.717) is 11.5 Å². The van der Waals surface area contributed by atoms with Gasteiger partial charge in [0.1, 0.15) is 0 Å². The molecule has 0 aliphatic carbocycles. The van der Waals surface area contributed by atoms with Gasteiger partial charge in [-0.15, -0.1) is 0 Å². The largest absolute Gasteiger partial charge is 0.379 e. The van der Waals surface area contributed by atoms with Crippen LogP contribution in [-0.4, -0.2) is 39.0 Å². The van der Waals surface area contributed by atoms with E-state index in [4.69, 9.17) is 9.47 Å². The van der Waals surface area contributed by atoms with E-state index in [2.05, 4.69) is 12.2 Å². The van der Waals surface area contributed by atoms with Crippen LogP contribution in [0.15, 0.2) is 0 Å². The summed E-state index contributed by atoms with van der Waals surface area (Å²) in [6.45, 7) is 7.01. The third-order valence-corrected chi connectivity index (χ3v) is 2.66. The average molecular weight is 171 g/mol. The van der Waals surface area contributed by atoms with Crippen LogP contribution in [0, 0.1) is 5.41 Å². The second-order valence-corrected chi connectivity index (χ2v) is 4.21. The molecule has 0 bridgehead atoms. The molecule has 1 N–H and O–H groups in total. The molecule has 0 amide bonds. The van der Waals surface area contributed by atoms with Gasteiger partial charge in [0.15, 0.2) is 0 Å². The fourth-order valence-corrected chi connectivity index (χ4v) is 1.62. The molecule has 0 aromatic rings. The molecule has 0 saturated carbocycles. The fraction of sp³-hybridized carbons (Fsp3) is 1.00. The first-order chi connectivity index (χ1) is 5.79. The highest BCUT2D eigenvalue weighted by atomic mass is 16.5. The first-order valence-electron chi connectivity index (χ1n) is 4.69. The predicted molar refractivity (Wildman–Crippen MR) is 46.2 cm³/mol. The Morgan fingerprint density at radius 3 is 2.92 bits per heavy atom. The molecular formula is C9H17NO2. The minimum Gasteiger partial charge on any atom is -0.379 e. The minimum atomic E-state index is 0.363. The normalized spacial score (nSPS) is 33.2. The summed E-state index contributed by atoms with van der Waals surface area (Å²) in [5.41, 5.74) is 0.391. The van der Waals surface area contributed by atoms with Gasteiger partial charge in [-0.05, 0) is 6.42 Å². The highest BCUT2D eigenvalue weighted by Crippen LogP contribution is 2.23. The molecular weight excluding hydrogens is 154 g/mol. The summed E-state index contributed by atoms with van der Waals surface area (Å²) < 4.78 is 11.0. The van der Waals surface area contributed by atoms with E-state index in [0.717, 1.165) is 39.3 Å². The van der Waals surface area contributed by atoms with Gasteiger partial charge in [-0.1, -0.05) is 6.92 Å². The van der Waals surface area contributed by atoms with Gasteiger partial charge >= 0.3 is 0 Å². The van der Waals surface area contributed by atoms with E-state index in [1.165, 1.54) is 0 Å². The Hall–Kier alpha value is -0.120. The van der Waals surface area contributed by atoms with E-state index in [-0.39, 0.29) is 0 Å². The van der Waals surface area contributed by atoms with Gasteiger partial charge in [-0.2, -0.15) is 0 Å². The summed E-state index contributed by atoms with van der Waals surface area (Å²) in [6.07, 6.45) is 1.44. The lowest BCUT2D eigenvalue weighted by atomic mass is 9.85. The third kappa shape index (κ3) is 1.79.